The van der Waals surface area contributed by atoms with Crippen molar-refractivity contribution >= 4 is 44.1 Å². The van der Waals surface area contributed by atoms with Gasteiger partial charge in [0.1, 0.15) is 23.3 Å². The number of hydrogen-bond acceptors (Lipinski definition) is 8. The molecule has 1 fully saturated rings. The zero-order valence-corrected chi connectivity index (χ0v) is 20.5. The Labute approximate surface area is 211 Å². The van der Waals surface area contributed by atoms with Crippen molar-refractivity contribution in [3.05, 3.63) is 83.7 Å². The van der Waals surface area contributed by atoms with E-state index in [0.29, 0.717) is 41.1 Å². The van der Waals surface area contributed by atoms with Crippen LogP contribution in [0.15, 0.2) is 72.4 Å². The van der Waals surface area contributed by atoms with Gasteiger partial charge in [0.05, 0.1) is 40.3 Å². The molecule has 0 spiro atoms. The number of fused-ring (bicyclic) bond motifs is 1. The zero-order valence-electron chi connectivity index (χ0n) is 19.7. The van der Waals surface area contributed by atoms with Gasteiger partial charge in [-0.1, -0.05) is 29.5 Å². The van der Waals surface area contributed by atoms with E-state index in [1.54, 1.807) is 42.6 Å². The molecule has 2 aromatic carbocycles. The van der Waals surface area contributed by atoms with Crippen LogP contribution >= 0.6 is 11.3 Å². The van der Waals surface area contributed by atoms with Crippen LogP contribution in [0.2, 0.25) is 0 Å². The van der Waals surface area contributed by atoms with Crippen LogP contribution < -0.4 is 14.4 Å². The molecule has 2 aromatic heterocycles. The SMILES string of the molecule is CCOc1ccc(/C(O)=C2\C(=O)C(=O)N(c3nc4ccccc4s3)C2c2ccccn2)c(OCC)c1. The van der Waals surface area contributed by atoms with E-state index in [1.165, 1.54) is 16.2 Å². The van der Waals surface area contributed by atoms with Crippen molar-refractivity contribution in [2.75, 3.05) is 18.1 Å². The largest absolute Gasteiger partial charge is 0.507 e. The molecule has 4 aromatic rings. The van der Waals surface area contributed by atoms with Gasteiger partial charge in [-0.3, -0.25) is 19.5 Å². The molecule has 36 heavy (non-hydrogen) atoms. The van der Waals surface area contributed by atoms with E-state index < -0.39 is 17.7 Å². The number of ketones is 1. The number of ether oxygens (including phenoxy) is 2. The quantitative estimate of drug-likeness (QED) is 0.213. The fourth-order valence-corrected chi connectivity index (χ4v) is 5.18. The van der Waals surface area contributed by atoms with Crippen molar-refractivity contribution in [2.45, 2.75) is 19.9 Å². The maximum atomic E-state index is 13.4. The average Bonchev–Trinajstić information content (AvgIpc) is 3.43. The third-order valence-electron chi connectivity index (χ3n) is 5.72. The van der Waals surface area contributed by atoms with Crippen molar-refractivity contribution in [3.8, 4) is 11.5 Å². The van der Waals surface area contributed by atoms with Gasteiger partial charge in [0.25, 0.3) is 5.78 Å². The number of nitrogens with zero attached hydrogens (tertiary/aromatic N) is 3. The molecular weight excluding hydrogens is 478 g/mol. The number of pyridine rings is 1. The molecule has 8 nitrogen and oxygen atoms in total. The highest BCUT2D eigenvalue weighted by molar-refractivity contribution is 7.22. The number of benzene rings is 2. The second kappa shape index (κ2) is 9.79. The minimum absolute atomic E-state index is 0.0805. The lowest BCUT2D eigenvalue weighted by molar-refractivity contribution is -0.132. The molecule has 1 amide bonds. The van der Waals surface area contributed by atoms with Crippen LogP contribution in [0.25, 0.3) is 16.0 Å². The number of carbonyl (C=O) groups excluding carboxylic acids is 2. The number of rotatable bonds is 7. The highest BCUT2D eigenvalue weighted by atomic mass is 32.1. The second-order valence-electron chi connectivity index (χ2n) is 7.91. The van der Waals surface area contributed by atoms with Gasteiger partial charge in [-0.05, 0) is 50.2 Å². The lowest BCUT2D eigenvalue weighted by atomic mass is 9.98. The normalized spacial score (nSPS) is 17.1. The molecular formula is C27H23N3O5S. The van der Waals surface area contributed by atoms with E-state index in [9.17, 15) is 14.7 Å². The minimum Gasteiger partial charge on any atom is -0.507 e. The summed E-state index contributed by atoms with van der Waals surface area (Å²) in [7, 11) is 0. The first kappa shape index (κ1) is 23.5. The van der Waals surface area contributed by atoms with Crippen molar-refractivity contribution in [1.29, 1.82) is 0 Å². The predicted molar refractivity (Wildman–Crippen MR) is 137 cm³/mol. The maximum absolute atomic E-state index is 13.4. The number of anilines is 1. The number of aliphatic hydroxyl groups is 1. The number of aliphatic hydroxyl groups excluding tert-OH is 1. The fourth-order valence-electron chi connectivity index (χ4n) is 4.19. The first-order valence-corrected chi connectivity index (χ1v) is 12.3. The lowest BCUT2D eigenvalue weighted by Gasteiger charge is -2.22. The van der Waals surface area contributed by atoms with Gasteiger partial charge in [0.15, 0.2) is 5.13 Å². The zero-order chi connectivity index (χ0) is 25.2. The molecule has 5 rings (SSSR count). The Balaban J connectivity index is 1.71. The van der Waals surface area contributed by atoms with Crippen LogP contribution in [0, 0.1) is 0 Å². The first-order chi connectivity index (χ1) is 17.5. The van der Waals surface area contributed by atoms with Crippen LogP contribution in [0.3, 0.4) is 0 Å². The third-order valence-corrected chi connectivity index (χ3v) is 6.76. The summed E-state index contributed by atoms with van der Waals surface area (Å²) in [5, 5.41) is 11.8. The van der Waals surface area contributed by atoms with E-state index in [0.717, 1.165) is 4.70 Å². The van der Waals surface area contributed by atoms with Gasteiger partial charge in [0.2, 0.25) is 0 Å². The summed E-state index contributed by atoms with van der Waals surface area (Å²) >= 11 is 1.30. The number of para-hydroxylation sites is 1. The van der Waals surface area contributed by atoms with E-state index in [1.807, 2.05) is 38.1 Å². The molecule has 1 unspecified atom stereocenters. The Hall–Kier alpha value is -4.24. The number of hydrogen-bond donors (Lipinski definition) is 1. The first-order valence-electron chi connectivity index (χ1n) is 11.5. The molecule has 1 atom stereocenters. The Bertz CT molecular complexity index is 1450. The number of Topliss-reactive ketones (excluding diaryl/α,β-unsaturated/α-hetero) is 1. The summed E-state index contributed by atoms with van der Waals surface area (Å²) in [5.41, 5.74) is 1.34. The molecule has 9 heteroatoms. The van der Waals surface area contributed by atoms with E-state index >= 15 is 0 Å². The number of carbonyl (C=O) groups is 2. The Morgan fingerprint density at radius 2 is 1.81 bits per heavy atom. The van der Waals surface area contributed by atoms with E-state index in [-0.39, 0.29) is 16.9 Å². The summed E-state index contributed by atoms with van der Waals surface area (Å²) in [6, 6.07) is 16.7. The standard InChI is InChI=1S/C27H23N3O5S/c1-3-34-16-12-13-17(20(15-16)35-4-2)24(31)22-23(19-10-7-8-14-28-19)30(26(33)25(22)32)27-29-18-9-5-6-11-21(18)36-27/h5-15,23,31H,3-4H2,1-2H3/b24-22+. The van der Waals surface area contributed by atoms with Crippen LogP contribution in [-0.2, 0) is 9.59 Å². The predicted octanol–water partition coefficient (Wildman–Crippen LogP) is 5.12. The second-order valence-corrected chi connectivity index (χ2v) is 8.92. The Morgan fingerprint density at radius 3 is 2.53 bits per heavy atom. The summed E-state index contributed by atoms with van der Waals surface area (Å²) < 4.78 is 12.2. The summed E-state index contributed by atoms with van der Waals surface area (Å²) in [4.78, 5) is 37.1. The van der Waals surface area contributed by atoms with Gasteiger partial charge in [0, 0.05) is 12.3 Å². The van der Waals surface area contributed by atoms with Gasteiger partial charge in [-0.15, -0.1) is 0 Å². The molecule has 0 aliphatic carbocycles. The summed E-state index contributed by atoms with van der Waals surface area (Å²) in [6.45, 7) is 4.48. The minimum atomic E-state index is -0.965. The van der Waals surface area contributed by atoms with Gasteiger partial charge in [-0.25, -0.2) is 4.98 Å². The maximum Gasteiger partial charge on any atom is 0.301 e. The van der Waals surface area contributed by atoms with E-state index in [2.05, 4.69) is 9.97 Å². The average molecular weight is 502 g/mol. The lowest BCUT2D eigenvalue weighted by Crippen LogP contribution is -2.29. The van der Waals surface area contributed by atoms with E-state index in [4.69, 9.17) is 9.47 Å². The van der Waals surface area contributed by atoms with Crippen LogP contribution in [0.5, 0.6) is 11.5 Å². The topological polar surface area (TPSA) is 102 Å². The van der Waals surface area contributed by atoms with Crippen molar-refractivity contribution in [1.82, 2.24) is 9.97 Å². The fraction of sp³-hybridized carbons (Fsp3) is 0.185. The Kier molecular flexibility index (Phi) is 6.39. The number of aromatic nitrogens is 2. The number of amides is 1. The van der Waals surface area contributed by atoms with Crippen molar-refractivity contribution in [3.63, 3.8) is 0 Å². The molecule has 0 saturated carbocycles. The molecule has 182 valence electrons. The smallest absolute Gasteiger partial charge is 0.301 e. The summed E-state index contributed by atoms with van der Waals surface area (Å²) in [6.07, 6.45) is 1.58. The van der Waals surface area contributed by atoms with Crippen molar-refractivity contribution < 1.29 is 24.2 Å². The van der Waals surface area contributed by atoms with Gasteiger partial charge >= 0.3 is 5.91 Å². The number of thiazole rings is 1. The molecule has 0 bridgehead atoms. The molecule has 1 N–H and O–H groups in total. The van der Waals surface area contributed by atoms with Gasteiger partial charge < -0.3 is 14.6 Å². The molecule has 3 heterocycles. The molecule has 0 radical (unpaired) electrons. The molecule has 1 aliphatic rings. The highest BCUT2D eigenvalue weighted by Gasteiger charge is 2.49. The molecule has 1 aliphatic heterocycles. The Morgan fingerprint density at radius 1 is 1.03 bits per heavy atom. The van der Waals surface area contributed by atoms with Crippen LogP contribution in [0.4, 0.5) is 5.13 Å². The summed E-state index contributed by atoms with van der Waals surface area (Å²) in [5.74, 6) is -1.05. The molecule has 1 saturated heterocycles. The van der Waals surface area contributed by atoms with Gasteiger partial charge in [-0.2, -0.15) is 0 Å². The van der Waals surface area contributed by atoms with Crippen molar-refractivity contribution in [2.24, 2.45) is 0 Å². The monoisotopic (exact) mass is 501 g/mol. The highest BCUT2D eigenvalue weighted by Crippen LogP contribution is 2.44. The van der Waals surface area contributed by atoms with Crippen LogP contribution in [0.1, 0.15) is 31.1 Å². The van der Waals surface area contributed by atoms with Crippen LogP contribution in [-0.4, -0.2) is 40.0 Å². The third kappa shape index (κ3) is 4.07.